The van der Waals surface area contributed by atoms with Crippen LogP contribution >= 0.6 is 0 Å². The first kappa shape index (κ1) is 19.3. The van der Waals surface area contributed by atoms with Crippen LogP contribution in [0.1, 0.15) is 6.42 Å². The molecule has 0 aromatic heterocycles. The second-order valence-electron chi connectivity index (χ2n) is 5.74. The molecule has 4 N–H and O–H groups in total. The lowest BCUT2D eigenvalue weighted by Crippen LogP contribution is -2.36. The number of sulfonamides is 1. The molecular weight excluding hydrogens is 348 g/mol. The lowest BCUT2D eigenvalue weighted by atomic mass is 10.3. The van der Waals surface area contributed by atoms with Crippen LogP contribution in [0.15, 0.2) is 23.1 Å². The maximum atomic E-state index is 12.7. The molecule has 1 aliphatic heterocycles. The van der Waals surface area contributed by atoms with Gasteiger partial charge < -0.3 is 25.2 Å². The number of likely N-dealkylation sites (tertiary alicyclic amines) is 1. The van der Waals surface area contributed by atoms with E-state index in [0.29, 0.717) is 25.2 Å². The van der Waals surface area contributed by atoms with Crippen molar-refractivity contribution in [2.24, 2.45) is 0 Å². The Morgan fingerprint density at radius 3 is 2.88 bits per heavy atom. The Labute approximate surface area is 146 Å². The van der Waals surface area contributed by atoms with Gasteiger partial charge in [-0.3, -0.25) is 0 Å². The molecule has 1 aromatic carbocycles. The molecule has 0 aliphatic carbocycles. The number of hydrogen-bond acceptors (Lipinski definition) is 8. The normalized spacial score (nSPS) is 18.6. The SMILES string of the molecule is COc1ccc(NCC(O)CO)cc1S(=O)(=O)NC1CCN(C#N)C1. The van der Waals surface area contributed by atoms with Crippen molar-refractivity contribution in [2.75, 3.05) is 38.7 Å². The van der Waals surface area contributed by atoms with E-state index < -0.39 is 22.7 Å². The Bertz CT molecular complexity index is 734. The van der Waals surface area contributed by atoms with Crippen molar-refractivity contribution in [1.82, 2.24) is 9.62 Å². The van der Waals surface area contributed by atoms with Gasteiger partial charge in [-0.1, -0.05) is 0 Å². The summed E-state index contributed by atoms with van der Waals surface area (Å²) >= 11 is 0. The summed E-state index contributed by atoms with van der Waals surface area (Å²) in [5.74, 6) is 0.191. The van der Waals surface area contributed by atoms with Crippen LogP contribution in [-0.2, 0) is 10.0 Å². The van der Waals surface area contributed by atoms with Gasteiger partial charge in [0.2, 0.25) is 10.0 Å². The second-order valence-corrected chi connectivity index (χ2v) is 7.42. The highest BCUT2D eigenvalue weighted by atomic mass is 32.2. The zero-order valence-electron chi connectivity index (χ0n) is 13.8. The fourth-order valence-electron chi connectivity index (χ4n) is 2.53. The number of ether oxygens (including phenoxy) is 1. The number of nitriles is 1. The first-order valence-electron chi connectivity index (χ1n) is 7.77. The maximum Gasteiger partial charge on any atom is 0.244 e. The highest BCUT2D eigenvalue weighted by Gasteiger charge is 2.28. The summed E-state index contributed by atoms with van der Waals surface area (Å²) in [5, 5.41) is 30.0. The zero-order chi connectivity index (χ0) is 18.4. The van der Waals surface area contributed by atoms with Crippen LogP contribution < -0.4 is 14.8 Å². The predicted molar refractivity (Wildman–Crippen MR) is 90.5 cm³/mol. The molecule has 9 nitrogen and oxygen atoms in total. The van der Waals surface area contributed by atoms with Crippen molar-refractivity contribution >= 4 is 15.7 Å². The Morgan fingerprint density at radius 1 is 1.52 bits per heavy atom. The summed E-state index contributed by atoms with van der Waals surface area (Å²) < 4.78 is 33.1. The van der Waals surface area contributed by atoms with Crippen LogP contribution in [0.3, 0.4) is 0 Å². The summed E-state index contributed by atoms with van der Waals surface area (Å²) in [6, 6.07) is 4.19. The third-order valence-electron chi connectivity index (χ3n) is 3.86. The Hall–Kier alpha value is -2.06. The van der Waals surface area contributed by atoms with E-state index >= 15 is 0 Å². The van der Waals surface area contributed by atoms with E-state index in [1.807, 2.05) is 6.19 Å². The van der Waals surface area contributed by atoms with E-state index in [2.05, 4.69) is 10.0 Å². The van der Waals surface area contributed by atoms with Gasteiger partial charge in [-0.05, 0) is 24.6 Å². The van der Waals surface area contributed by atoms with Gasteiger partial charge in [0.05, 0.1) is 19.8 Å². The van der Waals surface area contributed by atoms with Crippen molar-refractivity contribution in [3.8, 4) is 11.9 Å². The largest absolute Gasteiger partial charge is 0.495 e. The van der Waals surface area contributed by atoms with Gasteiger partial charge in [-0.2, -0.15) is 5.26 Å². The summed E-state index contributed by atoms with van der Waals surface area (Å²) in [4.78, 5) is 1.47. The van der Waals surface area contributed by atoms with Crippen molar-refractivity contribution in [3.05, 3.63) is 18.2 Å². The van der Waals surface area contributed by atoms with Gasteiger partial charge in [0, 0.05) is 31.4 Å². The monoisotopic (exact) mass is 370 g/mol. The molecule has 0 spiro atoms. The van der Waals surface area contributed by atoms with Crippen molar-refractivity contribution in [3.63, 3.8) is 0 Å². The molecular formula is C15H22N4O5S. The van der Waals surface area contributed by atoms with Gasteiger partial charge in [0.25, 0.3) is 0 Å². The molecule has 25 heavy (non-hydrogen) atoms. The third-order valence-corrected chi connectivity index (χ3v) is 5.40. The lowest BCUT2D eigenvalue weighted by molar-refractivity contribution is 0.105. The second kappa shape index (κ2) is 8.35. The zero-order valence-corrected chi connectivity index (χ0v) is 14.7. The standard InChI is InChI=1S/C15H22N4O5S/c1-24-14-3-2-11(17-7-13(21)9-20)6-15(14)25(22,23)18-12-4-5-19(8-12)10-16/h2-3,6,12-13,17-18,20-21H,4-5,7-9H2,1H3. The van der Waals surface area contributed by atoms with Gasteiger partial charge in [-0.25, -0.2) is 13.1 Å². The fraction of sp³-hybridized carbons (Fsp3) is 0.533. The minimum absolute atomic E-state index is 0.0334. The highest BCUT2D eigenvalue weighted by Crippen LogP contribution is 2.27. The molecule has 1 saturated heterocycles. The number of nitrogens with zero attached hydrogens (tertiary/aromatic N) is 2. The van der Waals surface area contributed by atoms with Gasteiger partial charge in [0.1, 0.15) is 10.6 Å². The van der Waals surface area contributed by atoms with Crippen molar-refractivity contribution in [2.45, 2.75) is 23.5 Å². The lowest BCUT2D eigenvalue weighted by Gasteiger charge is -2.17. The van der Waals surface area contributed by atoms with E-state index in [1.54, 1.807) is 6.07 Å². The summed E-state index contributed by atoms with van der Waals surface area (Å²) in [6.07, 6.45) is 1.61. The average molecular weight is 370 g/mol. The molecule has 2 atom stereocenters. The number of nitrogens with one attached hydrogen (secondary N) is 2. The molecule has 1 fully saturated rings. The molecule has 0 saturated carbocycles. The number of benzene rings is 1. The van der Waals surface area contributed by atoms with Crippen LogP contribution in [0.25, 0.3) is 0 Å². The average Bonchev–Trinajstić information content (AvgIpc) is 3.06. The van der Waals surface area contributed by atoms with E-state index in [0.717, 1.165) is 0 Å². The summed E-state index contributed by atoms with van der Waals surface area (Å²) in [7, 11) is -2.47. The van der Waals surface area contributed by atoms with E-state index in [4.69, 9.17) is 15.1 Å². The van der Waals surface area contributed by atoms with Gasteiger partial charge in [-0.15, -0.1) is 0 Å². The summed E-state index contributed by atoms with van der Waals surface area (Å²) in [5.41, 5.74) is 0.471. The van der Waals surface area contributed by atoms with E-state index in [-0.39, 0.29) is 23.2 Å². The molecule has 1 aromatic rings. The van der Waals surface area contributed by atoms with Gasteiger partial charge in [0.15, 0.2) is 6.19 Å². The number of hydrogen-bond donors (Lipinski definition) is 4. The minimum Gasteiger partial charge on any atom is -0.495 e. The molecule has 0 amide bonds. The van der Waals surface area contributed by atoms with Crippen LogP contribution in [0.4, 0.5) is 5.69 Å². The van der Waals surface area contributed by atoms with E-state index in [1.165, 1.54) is 24.1 Å². The third kappa shape index (κ3) is 4.96. The van der Waals surface area contributed by atoms with Crippen molar-refractivity contribution in [1.29, 1.82) is 5.26 Å². The van der Waals surface area contributed by atoms with Crippen molar-refractivity contribution < 1.29 is 23.4 Å². The van der Waals surface area contributed by atoms with Crippen LogP contribution in [0, 0.1) is 11.5 Å². The van der Waals surface area contributed by atoms with Crippen LogP contribution in [-0.4, -0.2) is 69.0 Å². The number of rotatable bonds is 8. The predicted octanol–water partition coefficient (Wildman–Crippen LogP) is -0.706. The summed E-state index contributed by atoms with van der Waals surface area (Å²) in [6.45, 7) is 0.530. The number of methoxy groups -OCH3 is 1. The molecule has 0 bridgehead atoms. The molecule has 2 unspecified atom stereocenters. The number of anilines is 1. The number of aliphatic hydroxyl groups is 2. The van der Waals surface area contributed by atoms with E-state index in [9.17, 15) is 13.5 Å². The number of aliphatic hydroxyl groups excluding tert-OH is 2. The Morgan fingerprint density at radius 2 is 2.28 bits per heavy atom. The Kier molecular flexibility index (Phi) is 6.44. The van der Waals surface area contributed by atoms with Crippen LogP contribution in [0.5, 0.6) is 5.75 Å². The first-order valence-corrected chi connectivity index (χ1v) is 9.25. The smallest absolute Gasteiger partial charge is 0.244 e. The topological polar surface area (TPSA) is 135 Å². The molecule has 10 heteroatoms. The quantitative estimate of drug-likeness (QED) is 0.441. The molecule has 1 aliphatic rings. The maximum absolute atomic E-state index is 12.7. The molecule has 138 valence electrons. The fourth-order valence-corrected chi connectivity index (χ4v) is 3.98. The molecule has 2 rings (SSSR count). The van der Waals surface area contributed by atoms with Crippen LogP contribution in [0.2, 0.25) is 0 Å². The minimum atomic E-state index is -3.85. The first-order chi connectivity index (χ1) is 11.9. The molecule has 1 heterocycles. The molecule has 0 radical (unpaired) electrons. The van der Waals surface area contributed by atoms with Gasteiger partial charge >= 0.3 is 0 Å². The highest BCUT2D eigenvalue weighted by molar-refractivity contribution is 7.89. The Balaban J connectivity index is 2.18.